The smallest absolute Gasteiger partial charge is 0.162 e. The summed E-state index contributed by atoms with van der Waals surface area (Å²) in [6.45, 7) is 0.747. The number of rotatable bonds is 0. The number of hydrogen-bond acceptors (Lipinski definition) is 3. The van der Waals surface area contributed by atoms with Gasteiger partial charge in [-0.2, -0.15) is 10.4 Å². The van der Waals surface area contributed by atoms with Crippen LogP contribution in [0.3, 0.4) is 0 Å². The van der Waals surface area contributed by atoms with E-state index >= 15 is 0 Å². The molecule has 0 saturated carbocycles. The number of nitrogens with two attached hydrogens (primary N) is 1. The molecule has 0 radical (unpaired) electrons. The van der Waals surface area contributed by atoms with Gasteiger partial charge in [0.2, 0.25) is 0 Å². The molecule has 0 saturated heterocycles. The average Bonchev–Trinajstić information content (AvgIpc) is 2.46. The molecule has 0 spiro atoms. The van der Waals surface area contributed by atoms with Gasteiger partial charge in [-0.1, -0.05) is 0 Å². The van der Waals surface area contributed by atoms with Crippen molar-refractivity contribution >= 4 is 24.0 Å². The second-order valence-electron chi connectivity index (χ2n) is 3.11. The van der Waals surface area contributed by atoms with E-state index < -0.39 is 0 Å². The predicted octanol–water partition coefficient (Wildman–Crippen LogP) is 0.646. The zero-order chi connectivity index (χ0) is 8.55. The van der Waals surface area contributed by atoms with E-state index in [9.17, 15) is 0 Å². The summed E-state index contributed by atoms with van der Waals surface area (Å²) in [5, 5.41) is 12.7. The number of aryl methyl sites for hydroxylation is 1. The molecular weight excluding hydrogens is 279 g/mol. The molecule has 0 aliphatic carbocycles. The molecule has 0 amide bonds. The van der Waals surface area contributed by atoms with E-state index in [1.165, 1.54) is 0 Å². The molecule has 0 fully saturated rings. The Morgan fingerprint density at radius 1 is 1.69 bits per heavy atom. The van der Waals surface area contributed by atoms with Crippen LogP contribution in [-0.4, -0.2) is 15.8 Å². The van der Waals surface area contributed by atoms with Crippen LogP contribution in [0.15, 0.2) is 6.07 Å². The Morgan fingerprint density at radius 2 is 2.46 bits per heavy atom. The van der Waals surface area contributed by atoms with E-state index in [2.05, 4.69) is 5.10 Å². The third-order valence-corrected chi connectivity index (χ3v) is 2.16. The molecule has 2 rings (SSSR count). The van der Waals surface area contributed by atoms with E-state index in [-0.39, 0.29) is 30.0 Å². The number of nitrogens with zero attached hydrogens (tertiary/aromatic N) is 3. The van der Waals surface area contributed by atoms with Gasteiger partial charge in [0.1, 0.15) is 6.07 Å². The molecule has 0 bridgehead atoms. The minimum absolute atomic E-state index is 0. The third kappa shape index (κ3) is 2.00. The van der Waals surface area contributed by atoms with Crippen LogP contribution in [0.2, 0.25) is 0 Å². The monoisotopic (exact) mass is 290 g/mol. The van der Waals surface area contributed by atoms with Crippen molar-refractivity contribution in [1.29, 1.82) is 5.26 Å². The van der Waals surface area contributed by atoms with Gasteiger partial charge in [-0.15, -0.1) is 24.0 Å². The minimum atomic E-state index is 0. The Hall–Kier alpha value is -0.610. The molecule has 4 nitrogen and oxygen atoms in total. The first-order chi connectivity index (χ1) is 5.79. The quantitative estimate of drug-likeness (QED) is 0.713. The number of hydrogen-bond donors (Lipinski definition) is 1. The summed E-state index contributed by atoms with van der Waals surface area (Å²) >= 11 is 0. The van der Waals surface area contributed by atoms with E-state index in [1.54, 1.807) is 0 Å². The van der Waals surface area contributed by atoms with Crippen molar-refractivity contribution in [3.8, 4) is 6.07 Å². The first kappa shape index (κ1) is 10.5. The lowest BCUT2D eigenvalue weighted by Crippen LogP contribution is -2.32. The maximum Gasteiger partial charge on any atom is 0.162 e. The molecule has 2 N–H and O–H groups in total. The van der Waals surface area contributed by atoms with Crippen molar-refractivity contribution in [3.63, 3.8) is 0 Å². The van der Waals surface area contributed by atoms with Crippen LogP contribution in [0.4, 0.5) is 0 Å². The maximum atomic E-state index is 8.60. The summed E-state index contributed by atoms with van der Waals surface area (Å²) < 4.78 is 1.84. The summed E-state index contributed by atoms with van der Waals surface area (Å²) in [5.74, 6) is 0. The van der Waals surface area contributed by atoms with Crippen LogP contribution in [0.1, 0.15) is 17.8 Å². The third-order valence-electron chi connectivity index (χ3n) is 2.16. The lowest BCUT2D eigenvalue weighted by atomic mass is 10.1. The molecule has 2 heterocycles. The van der Waals surface area contributed by atoms with Crippen LogP contribution >= 0.6 is 24.0 Å². The Balaban J connectivity index is 0.000000845. The van der Waals surface area contributed by atoms with Crippen LogP contribution in [0.25, 0.3) is 0 Å². The lowest BCUT2D eigenvalue weighted by Gasteiger charge is -2.19. The zero-order valence-corrected chi connectivity index (χ0v) is 9.43. The summed E-state index contributed by atoms with van der Waals surface area (Å²) in [6.07, 6.45) is 1.94. The highest BCUT2D eigenvalue weighted by Crippen LogP contribution is 2.13. The largest absolute Gasteiger partial charge is 0.326 e. The van der Waals surface area contributed by atoms with Gasteiger partial charge in [-0.25, -0.2) is 0 Å². The molecule has 1 atom stereocenters. The van der Waals surface area contributed by atoms with Gasteiger partial charge >= 0.3 is 0 Å². The fourth-order valence-electron chi connectivity index (χ4n) is 1.52. The van der Waals surface area contributed by atoms with Gasteiger partial charge in [0, 0.05) is 11.7 Å². The normalized spacial score (nSPS) is 19.8. The van der Waals surface area contributed by atoms with Crippen molar-refractivity contribution in [2.75, 3.05) is 0 Å². The van der Waals surface area contributed by atoms with Crippen molar-refractivity contribution in [2.24, 2.45) is 5.73 Å². The average molecular weight is 290 g/mol. The van der Waals surface area contributed by atoms with Crippen LogP contribution < -0.4 is 5.73 Å². The molecule has 5 heteroatoms. The maximum absolute atomic E-state index is 8.60. The molecule has 13 heavy (non-hydrogen) atoms. The SMILES string of the molecule is I.N#Cc1cc2n(n1)C[C@@H](N)CC2. The van der Waals surface area contributed by atoms with Gasteiger partial charge in [0.25, 0.3) is 0 Å². The minimum Gasteiger partial charge on any atom is -0.326 e. The first-order valence-electron chi connectivity index (χ1n) is 4.02. The summed E-state index contributed by atoms with van der Waals surface area (Å²) in [6, 6.07) is 4.06. The standard InChI is InChI=1S/C8H10N4.HI/c9-4-7-3-8-2-1-6(10)5-12(8)11-7;/h3,6H,1-2,5,10H2;1H/t6-;/m0./s1. The van der Waals surface area contributed by atoms with Gasteiger partial charge in [0.05, 0.1) is 6.54 Å². The molecule has 1 aliphatic heterocycles. The Labute approximate surface area is 93.7 Å². The lowest BCUT2D eigenvalue weighted by molar-refractivity contribution is 0.426. The molecule has 70 valence electrons. The van der Waals surface area contributed by atoms with E-state index in [1.807, 2.05) is 16.8 Å². The topological polar surface area (TPSA) is 67.6 Å². The molecular formula is C8H11IN4. The highest BCUT2D eigenvalue weighted by atomic mass is 127. The van der Waals surface area contributed by atoms with Crippen LogP contribution in [0.5, 0.6) is 0 Å². The van der Waals surface area contributed by atoms with Crippen molar-refractivity contribution in [1.82, 2.24) is 9.78 Å². The number of nitriles is 1. The molecule has 0 aromatic carbocycles. The molecule has 1 aromatic heterocycles. The summed E-state index contributed by atoms with van der Waals surface area (Å²) in [4.78, 5) is 0. The van der Waals surface area contributed by atoms with Crippen LogP contribution in [-0.2, 0) is 13.0 Å². The highest BCUT2D eigenvalue weighted by Gasteiger charge is 2.16. The highest BCUT2D eigenvalue weighted by molar-refractivity contribution is 14.0. The van der Waals surface area contributed by atoms with E-state index in [4.69, 9.17) is 11.0 Å². The fraction of sp³-hybridized carbons (Fsp3) is 0.500. The van der Waals surface area contributed by atoms with Gasteiger partial charge < -0.3 is 5.73 Å². The predicted molar refractivity (Wildman–Crippen MR) is 58.7 cm³/mol. The second-order valence-corrected chi connectivity index (χ2v) is 3.11. The fourth-order valence-corrected chi connectivity index (χ4v) is 1.52. The van der Waals surface area contributed by atoms with Gasteiger partial charge in [-0.05, 0) is 18.9 Å². The number of halogens is 1. The Kier molecular flexibility index (Phi) is 3.27. The van der Waals surface area contributed by atoms with Gasteiger partial charge in [0.15, 0.2) is 5.69 Å². The Bertz CT molecular complexity index is 338. The van der Waals surface area contributed by atoms with Crippen molar-refractivity contribution in [3.05, 3.63) is 17.5 Å². The molecule has 0 unspecified atom stereocenters. The van der Waals surface area contributed by atoms with E-state index in [0.717, 1.165) is 25.1 Å². The van der Waals surface area contributed by atoms with Gasteiger partial charge in [-0.3, -0.25) is 4.68 Å². The number of fused-ring (bicyclic) bond motifs is 1. The Morgan fingerprint density at radius 3 is 3.15 bits per heavy atom. The van der Waals surface area contributed by atoms with Crippen molar-refractivity contribution < 1.29 is 0 Å². The summed E-state index contributed by atoms with van der Waals surface area (Å²) in [7, 11) is 0. The molecule has 1 aromatic rings. The van der Waals surface area contributed by atoms with Crippen LogP contribution in [0, 0.1) is 11.3 Å². The van der Waals surface area contributed by atoms with E-state index in [0.29, 0.717) is 5.69 Å². The first-order valence-corrected chi connectivity index (χ1v) is 4.02. The zero-order valence-electron chi connectivity index (χ0n) is 7.10. The molecule has 1 aliphatic rings. The number of aromatic nitrogens is 2. The summed E-state index contributed by atoms with van der Waals surface area (Å²) in [5.41, 5.74) is 7.39. The van der Waals surface area contributed by atoms with Crippen molar-refractivity contribution in [2.45, 2.75) is 25.4 Å². The second kappa shape index (κ2) is 4.07.